The number of nitrogens with zero attached hydrogens (tertiary/aromatic N) is 2. The molecular formula is C14H16F3N3O3. The van der Waals surface area contributed by atoms with E-state index in [2.05, 4.69) is 10.4 Å². The molecule has 0 aromatic carbocycles. The maximum absolute atomic E-state index is 13.3. The lowest BCUT2D eigenvalue weighted by Crippen LogP contribution is -2.44. The van der Waals surface area contributed by atoms with E-state index in [1.165, 1.54) is 30.8 Å². The van der Waals surface area contributed by atoms with E-state index < -0.39 is 29.9 Å². The molecule has 1 atom stereocenters. The number of nitrogens with one attached hydrogen (secondary N) is 1. The fourth-order valence-corrected chi connectivity index (χ4v) is 2.13. The summed E-state index contributed by atoms with van der Waals surface area (Å²) >= 11 is 0. The summed E-state index contributed by atoms with van der Waals surface area (Å²) in [5, 5.41) is 16.3. The molecule has 0 spiro atoms. The van der Waals surface area contributed by atoms with E-state index in [-0.39, 0.29) is 11.6 Å². The lowest BCUT2D eigenvalue weighted by atomic mass is 9.95. The highest BCUT2D eigenvalue weighted by atomic mass is 19.4. The van der Waals surface area contributed by atoms with Gasteiger partial charge in [-0.2, -0.15) is 18.3 Å². The normalized spacial score (nSPS) is 14.6. The van der Waals surface area contributed by atoms with Crippen LogP contribution < -0.4 is 5.32 Å². The van der Waals surface area contributed by atoms with E-state index in [1.54, 1.807) is 6.92 Å². The summed E-state index contributed by atoms with van der Waals surface area (Å²) in [4.78, 5) is 12.0. The molecule has 2 aromatic heterocycles. The maximum atomic E-state index is 13.3. The third-order valence-electron chi connectivity index (χ3n) is 3.30. The first-order valence-corrected chi connectivity index (χ1v) is 6.69. The number of aliphatic hydroxyl groups is 1. The minimum absolute atomic E-state index is 0.199. The van der Waals surface area contributed by atoms with E-state index in [0.717, 1.165) is 6.07 Å². The van der Waals surface area contributed by atoms with Crippen LogP contribution in [0, 0.1) is 13.8 Å². The molecule has 0 saturated carbocycles. The van der Waals surface area contributed by atoms with Gasteiger partial charge in [0.25, 0.3) is 0 Å². The van der Waals surface area contributed by atoms with Crippen LogP contribution in [0.2, 0.25) is 0 Å². The Balaban J connectivity index is 2.25. The zero-order chi connectivity index (χ0) is 17.4. The SMILES string of the molecule is Cc1cc(NC(=O)CC(O)(c2ccc(C)o2)C(F)(F)F)n(C)n1. The molecule has 0 saturated heterocycles. The summed E-state index contributed by atoms with van der Waals surface area (Å²) in [5.74, 6) is -1.31. The van der Waals surface area contributed by atoms with Crippen molar-refractivity contribution in [1.29, 1.82) is 0 Å². The Morgan fingerprint density at radius 3 is 2.48 bits per heavy atom. The molecule has 1 amide bonds. The zero-order valence-corrected chi connectivity index (χ0v) is 12.7. The van der Waals surface area contributed by atoms with Crippen LogP contribution >= 0.6 is 0 Å². The number of aromatic nitrogens is 2. The van der Waals surface area contributed by atoms with Gasteiger partial charge in [-0.25, -0.2) is 0 Å². The number of halogens is 3. The van der Waals surface area contributed by atoms with Crippen LogP contribution in [0.1, 0.15) is 23.6 Å². The van der Waals surface area contributed by atoms with Crippen molar-refractivity contribution < 1.29 is 27.5 Å². The van der Waals surface area contributed by atoms with Gasteiger partial charge in [-0.15, -0.1) is 0 Å². The molecule has 2 heterocycles. The number of hydrogen-bond acceptors (Lipinski definition) is 4. The minimum Gasteiger partial charge on any atom is -0.463 e. The van der Waals surface area contributed by atoms with Crippen molar-refractivity contribution >= 4 is 11.7 Å². The zero-order valence-electron chi connectivity index (χ0n) is 12.7. The van der Waals surface area contributed by atoms with Crippen molar-refractivity contribution in [1.82, 2.24) is 9.78 Å². The van der Waals surface area contributed by atoms with E-state index in [4.69, 9.17) is 4.42 Å². The summed E-state index contributed by atoms with van der Waals surface area (Å²) in [5.41, 5.74) is -2.81. The van der Waals surface area contributed by atoms with Gasteiger partial charge >= 0.3 is 6.18 Å². The smallest absolute Gasteiger partial charge is 0.425 e. The molecule has 9 heteroatoms. The Morgan fingerprint density at radius 2 is 2.04 bits per heavy atom. The molecule has 0 fully saturated rings. The van der Waals surface area contributed by atoms with Crippen molar-refractivity contribution in [3.8, 4) is 0 Å². The first kappa shape index (κ1) is 17.1. The lowest BCUT2D eigenvalue weighted by molar-refractivity contribution is -0.272. The number of hydrogen-bond donors (Lipinski definition) is 2. The van der Waals surface area contributed by atoms with Crippen LogP contribution in [0.25, 0.3) is 0 Å². The van der Waals surface area contributed by atoms with Crippen molar-refractivity contribution in [3.63, 3.8) is 0 Å². The van der Waals surface area contributed by atoms with Crippen molar-refractivity contribution in [2.75, 3.05) is 5.32 Å². The number of furan rings is 1. The highest BCUT2D eigenvalue weighted by Gasteiger charge is 2.58. The minimum atomic E-state index is -5.07. The molecule has 0 radical (unpaired) electrons. The highest BCUT2D eigenvalue weighted by Crippen LogP contribution is 2.42. The van der Waals surface area contributed by atoms with Gasteiger partial charge in [-0.05, 0) is 26.0 Å². The van der Waals surface area contributed by atoms with E-state index >= 15 is 0 Å². The van der Waals surface area contributed by atoms with E-state index in [1.807, 2.05) is 0 Å². The van der Waals surface area contributed by atoms with Crippen LogP contribution in [-0.2, 0) is 17.4 Å². The molecule has 0 aliphatic heterocycles. The van der Waals surface area contributed by atoms with Gasteiger partial charge in [0.05, 0.1) is 12.1 Å². The predicted octanol–water partition coefficient (Wildman–Crippen LogP) is 2.41. The molecular weight excluding hydrogens is 315 g/mol. The molecule has 23 heavy (non-hydrogen) atoms. The van der Waals surface area contributed by atoms with Crippen molar-refractivity contribution in [2.24, 2.45) is 7.05 Å². The second-order valence-corrected chi connectivity index (χ2v) is 5.29. The molecule has 0 aliphatic rings. The molecule has 2 aromatic rings. The number of amides is 1. The summed E-state index contributed by atoms with van der Waals surface area (Å²) in [6.45, 7) is 3.12. The Morgan fingerprint density at radius 1 is 1.39 bits per heavy atom. The third kappa shape index (κ3) is 3.39. The standard InChI is InChI=1S/C14H16F3N3O3/c1-8-6-11(20(3)19-8)18-12(21)7-13(22,14(15,16)17)10-5-4-9(2)23-10/h4-6,22H,7H2,1-3H3,(H,18,21). The first-order valence-electron chi connectivity index (χ1n) is 6.69. The Labute approximate surface area is 129 Å². The molecule has 2 N–H and O–H groups in total. The predicted molar refractivity (Wildman–Crippen MR) is 74.6 cm³/mol. The van der Waals surface area contributed by atoms with Crippen LogP contribution in [0.15, 0.2) is 22.6 Å². The Bertz CT molecular complexity index is 720. The van der Waals surface area contributed by atoms with Gasteiger partial charge in [0, 0.05) is 13.1 Å². The average molecular weight is 331 g/mol. The van der Waals surface area contributed by atoms with Crippen LogP contribution in [-0.4, -0.2) is 27.0 Å². The van der Waals surface area contributed by atoms with Gasteiger partial charge in [0.1, 0.15) is 17.3 Å². The fourth-order valence-electron chi connectivity index (χ4n) is 2.13. The van der Waals surface area contributed by atoms with Gasteiger partial charge in [0.2, 0.25) is 11.5 Å². The van der Waals surface area contributed by atoms with Gasteiger partial charge < -0.3 is 14.8 Å². The number of anilines is 1. The summed E-state index contributed by atoms with van der Waals surface area (Å²) in [6.07, 6.45) is -6.30. The molecule has 0 aliphatic carbocycles. The number of aryl methyl sites for hydroxylation is 3. The van der Waals surface area contributed by atoms with Crippen LogP contribution in [0.3, 0.4) is 0 Å². The maximum Gasteiger partial charge on any atom is 0.425 e. The van der Waals surface area contributed by atoms with Crippen LogP contribution in [0.5, 0.6) is 0 Å². The van der Waals surface area contributed by atoms with Gasteiger partial charge in [-0.1, -0.05) is 0 Å². The number of alkyl halides is 3. The molecule has 0 bridgehead atoms. The summed E-state index contributed by atoms with van der Waals surface area (Å²) in [6, 6.07) is 3.79. The molecule has 126 valence electrons. The molecule has 6 nitrogen and oxygen atoms in total. The Hall–Kier alpha value is -2.29. The lowest BCUT2D eigenvalue weighted by Gasteiger charge is -2.27. The average Bonchev–Trinajstić information content (AvgIpc) is 2.95. The topological polar surface area (TPSA) is 80.3 Å². The van der Waals surface area contributed by atoms with Gasteiger partial charge in [0.15, 0.2) is 0 Å². The monoisotopic (exact) mass is 331 g/mol. The highest BCUT2D eigenvalue weighted by molar-refractivity contribution is 5.90. The van der Waals surface area contributed by atoms with Gasteiger partial charge in [-0.3, -0.25) is 9.48 Å². The number of rotatable bonds is 4. The summed E-state index contributed by atoms with van der Waals surface area (Å²) < 4.78 is 46.0. The van der Waals surface area contributed by atoms with Crippen molar-refractivity contribution in [2.45, 2.75) is 32.0 Å². The Kier molecular flexibility index (Phi) is 4.25. The largest absolute Gasteiger partial charge is 0.463 e. The van der Waals surface area contributed by atoms with Crippen molar-refractivity contribution in [3.05, 3.63) is 35.4 Å². The molecule has 1 unspecified atom stereocenters. The second kappa shape index (κ2) is 5.73. The van der Waals surface area contributed by atoms with Crippen LogP contribution in [0.4, 0.5) is 19.0 Å². The first-order chi connectivity index (χ1) is 10.5. The van der Waals surface area contributed by atoms with E-state index in [9.17, 15) is 23.1 Å². The molecule has 2 rings (SSSR count). The number of carbonyl (C=O) groups excluding carboxylic acids is 1. The fraction of sp³-hybridized carbons (Fsp3) is 0.429. The quantitative estimate of drug-likeness (QED) is 0.901. The second-order valence-electron chi connectivity index (χ2n) is 5.29. The summed E-state index contributed by atoms with van der Waals surface area (Å²) in [7, 11) is 1.54. The number of carbonyl (C=O) groups is 1. The third-order valence-corrected chi connectivity index (χ3v) is 3.30. The van der Waals surface area contributed by atoms with E-state index in [0.29, 0.717) is 5.69 Å².